The summed E-state index contributed by atoms with van der Waals surface area (Å²) in [6.45, 7) is 1.52. The number of fused-ring (bicyclic) bond motifs is 1. The molecule has 15 heavy (non-hydrogen) atoms. The van der Waals surface area contributed by atoms with E-state index in [4.69, 9.17) is 15.2 Å². The minimum absolute atomic E-state index is 0.522. The van der Waals surface area contributed by atoms with Crippen LogP contribution in [0.25, 0.3) is 0 Å². The minimum Gasteiger partial charge on any atom is -0.497 e. The van der Waals surface area contributed by atoms with Gasteiger partial charge in [0.15, 0.2) is 0 Å². The fourth-order valence-corrected chi connectivity index (χ4v) is 2.07. The van der Waals surface area contributed by atoms with Crippen LogP contribution in [0.1, 0.15) is 24.3 Å². The summed E-state index contributed by atoms with van der Waals surface area (Å²) in [5, 5.41) is 0. The summed E-state index contributed by atoms with van der Waals surface area (Å²) in [5.41, 5.74) is 6.86. The van der Waals surface area contributed by atoms with Gasteiger partial charge in [0, 0.05) is 5.56 Å². The van der Waals surface area contributed by atoms with E-state index in [2.05, 4.69) is 6.07 Å². The largest absolute Gasteiger partial charge is 0.497 e. The molecule has 1 unspecified atom stereocenters. The van der Waals surface area contributed by atoms with Gasteiger partial charge in [-0.2, -0.15) is 0 Å². The van der Waals surface area contributed by atoms with Gasteiger partial charge in [-0.05, 0) is 43.5 Å². The number of benzene rings is 1. The maximum absolute atomic E-state index is 5.61. The zero-order valence-corrected chi connectivity index (χ0v) is 9.03. The minimum atomic E-state index is 0.522. The van der Waals surface area contributed by atoms with E-state index in [9.17, 15) is 0 Å². The van der Waals surface area contributed by atoms with Gasteiger partial charge in [-0.15, -0.1) is 0 Å². The normalized spacial score (nSPS) is 19.2. The standard InChI is InChI=1S/C12H17NO2/c1-14-10-2-3-12-11(8-10)9(4-6-13)5-7-15-12/h2-3,8-9H,4-7,13H2,1H3. The van der Waals surface area contributed by atoms with Crippen LogP contribution in [0, 0.1) is 0 Å². The van der Waals surface area contributed by atoms with Gasteiger partial charge in [0.25, 0.3) is 0 Å². The molecule has 0 fully saturated rings. The van der Waals surface area contributed by atoms with E-state index in [1.807, 2.05) is 12.1 Å². The van der Waals surface area contributed by atoms with Crippen LogP contribution in [0.2, 0.25) is 0 Å². The molecule has 0 spiro atoms. The quantitative estimate of drug-likeness (QED) is 0.823. The summed E-state index contributed by atoms with van der Waals surface area (Å²) >= 11 is 0. The fraction of sp³-hybridized carbons (Fsp3) is 0.500. The van der Waals surface area contributed by atoms with E-state index in [-0.39, 0.29) is 0 Å². The lowest BCUT2D eigenvalue weighted by Crippen LogP contribution is -2.17. The highest BCUT2D eigenvalue weighted by Gasteiger charge is 2.21. The number of ether oxygens (including phenoxy) is 2. The zero-order chi connectivity index (χ0) is 10.7. The van der Waals surface area contributed by atoms with Crippen LogP contribution in [0.15, 0.2) is 18.2 Å². The molecule has 2 rings (SSSR count). The molecule has 1 aromatic carbocycles. The van der Waals surface area contributed by atoms with Crippen molar-refractivity contribution in [3.63, 3.8) is 0 Å². The summed E-state index contributed by atoms with van der Waals surface area (Å²) in [4.78, 5) is 0. The number of rotatable bonds is 3. The average Bonchev–Trinajstić information content (AvgIpc) is 2.29. The van der Waals surface area contributed by atoms with Crippen LogP contribution in [-0.4, -0.2) is 20.3 Å². The number of hydrogen-bond donors (Lipinski definition) is 1. The summed E-state index contributed by atoms with van der Waals surface area (Å²) in [6.07, 6.45) is 2.07. The summed E-state index contributed by atoms with van der Waals surface area (Å²) in [5.74, 6) is 2.40. The molecule has 0 bridgehead atoms. The Morgan fingerprint density at radius 1 is 1.53 bits per heavy atom. The summed E-state index contributed by atoms with van der Waals surface area (Å²) < 4.78 is 10.8. The third-order valence-corrected chi connectivity index (χ3v) is 2.90. The SMILES string of the molecule is COc1ccc2c(c1)C(CCN)CCO2. The van der Waals surface area contributed by atoms with Crippen LogP contribution in [-0.2, 0) is 0 Å². The van der Waals surface area contributed by atoms with E-state index in [0.717, 1.165) is 37.5 Å². The maximum Gasteiger partial charge on any atom is 0.123 e. The third kappa shape index (κ3) is 2.07. The van der Waals surface area contributed by atoms with Crippen molar-refractivity contribution in [2.75, 3.05) is 20.3 Å². The molecule has 1 atom stereocenters. The van der Waals surface area contributed by atoms with Crippen LogP contribution in [0.4, 0.5) is 0 Å². The van der Waals surface area contributed by atoms with Crippen molar-refractivity contribution in [2.24, 2.45) is 5.73 Å². The Hall–Kier alpha value is -1.22. The van der Waals surface area contributed by atoms with Crippen molar-refractivity contribution in [1.29, 1.82) is 0 Å². The van der Waals surface area contributed by atoms with Crippen molar-refractivity contribution in [1.82, 2.24) is 0 Å². The van der Waals surface area contributed by atoms with E-state index in [1.54, 1.807) is 7.11 Å². The van der Waals surface area contributed by atoms with Gasteiger partial charge in [0.1, 0.15) is 11.5 Å². The van der Waals surface area contributed by atoms with Crippen LogP contribution in [0.3, 0.4) is 0 Å². The highest BCUT2D eigenvalue weighted by molar-refractivity contribution is 5.43. The zero-order valence-electron chi connectivity index (χ0n) is 9.03. The second kappa shape index (κ2) is 4.53. The topological polar surface area (TPSA) is 44.5 Å². The molecule has 1 aliphatic heterocycles. The monoisotopic (exact) mass is 207 g/mol. The first kappa shape index (κ1) is 10.3. The first-order chi connectivity index (χ1) is 7.35. The Bertz CT molecular complexity index is 338. The second-order valence-corrected chi connectivity index (χ2v) is 3.82. The predicted molar refractivity (Wildman–Crippen MR) is 59.5 cm³/mol. The van der Waals surface area contributed by atoms with Crippen LogP contribution in [0.5, 0.6) is 11.5 Å². The smallest absolute Gasteiger partial charge is 0.123 e. The molecule has 0 radical (unpaired) electrons. The van der Waals surface area contributed by atoms with E-state index in [1.165, 1.54) is 5.56 Å². The molecule has 0 aliphatic carbocycles. The van der Waals surface area contributed by atoms with Gasteiger partial charge in [-0.25, -0.2) is 0 Å². The lowest BCUT2D eigenvalue weighted by Gasteiger charge is -2.25. The van der Waals surface area contributed by atoms with Crippen molar-refractivity contribution >= 4 is 0 Å². The molecule has 1 aliphatic rings. The van der Waals surface area contributed by atoms with E-state index < -0.39 is 0 Å². The molecule has 0 aromatic heterocycles. The molecule has 2 N–H and O–H groups in total. The third-order valence-electron chi connectivity index (χ3n) is 2.90. The maximum atomic E-state index is 5.61. The second-order valence-electron chi connectivity index (χ2n) is 3.82. The van der Waals surface area contributed by atoms with Crippen molar-refractivity contribution in [3.05, 3.63) is 23.8 Å². The molecule has 0 saturated carbocycles. The van der Waals surface area contributed by atoms with Gasteiger partial charge < -0.3 is 15.2 Å². The lowest BCUT2D eigenvalue weighted by atomic mass is 9.90. The Kier molecular flexibility index (Phi) is 3.11. The molecule has 0 amide bonds. The van der Waals surface area contributed by atoms with E-state index >= 15 is 0 Å². The van der Waals surface area contributed by atoms with Crippen molar-refractivity contribution in [3.8, 4) is 11.5 Å². The molecule has 1 heterocycles. The summed E-state index contributed by atoms with van der Waals surface area (Å²) in [7, 11) is 1.68. The number of methoxy groups -OCH3 is 1. The highest BCUT2D eigenvalue weighted by Crippen LogP contribution is 2.37. The van der Waals surface area contributed by atoms with Crippen LogP contribution < -0.4 is 15.2 Å². The van der Waals surface area contributed by atoms with Gasteiger partial charge in [-0.1, -0.05) is 0 Å². The molecule has 3 heteroatoms. The Morgan fingerprint density at radius 2 is 2.40 bits per heavy atom. The molecule has 0 saturated heterocycles. The molecular formula is C12H17NO2. The van der Waals surface area contributed by atoms with Gasteiger partial charge >= 0.3 is 0 Å². The van der Waals surface area contributed by atoms with Gasteiger partial charge in [-0.3, -0.25) is 0 Å². The van der Waals surface area contributed by atoms with Crippen LogP contribution >= 0.6 is 0 Å². The molecular weight excluding hydrogens is 190 g/mol. The average molecular weight is 207 g/mol. The fourth-order valence-electron chi connectivity index (χ4n) is 2.07. The Balaban J connectivity index is 2.30. The van der Waals surface area contributed by atoms with E-state index in [0.29, 0.717) is 5.92 Å². The van der Waals surface area contributed by atoms with Crippen molar-refractivity contribution < 1.29 is 9.47 Å². The van der Waals surface area contributed by atoms with Gasteiger partial charge in [0.05, 0.1) is 13.7 Å². The predicted octanol–water partition coefficient (Wildman–Crippen LogP) is 1.91. The first-order valence-corrected chi connectivity index (χ1v) is 5.36. The lowest BCUT2D eigenvalue weighted by molar-refractivity contribution is 0.263. The summed E-state index contributed by atoms with van der Waals surface area (Å²) in [6, 6.07) is 5.98. The number of hydrogen-bond acceptors (Lipinski definition) is 3. The highest BCUT2D eigenvalue weighted by atomic mass is 16.5. The molecule has 82 valence electrons. The van der Waals surface area contributed by atoms with Gasteiger partial charge in [0.2, 0.25) is 0 Å². The molecule has 3 nitrogen and oxygen atoms in total. The number of nitrogens with two attached hydrogens (primary N) is 1. The van der Waals surface area contributed by atoms with Crippen molar-refractivity contribution in [2.45, 2.75) is 18.8 Å². The molecule has 1 aromatic rings. The Labute approximate surface area is 90.2 Å². The first-order valence-electron chi connectivity index (χ1n) is 5.36. The Morgan fingerprint density at radius 3 is 3.13 bits per heavy atom.